The number of amides is 1. The Kier molecular flexibility index (Phi) is 6.58. The van der Waals surface area contributed by atoms with Gasteiger partial charge in [0.25, 0.3) is 11.6 Å². The highest BCUT2D eigenvalue weighted by molar-refractivity contribution is 5.95. The van der Waals surface area contributed by atoms with Crippen LogP contribution in [0.4, 0.5) is 5.69 Å². The summed E-state index contributed by atoms with van der Waals surface area (Å²) in [5.74, 6) is -0.359. The van der Waals surface area contributed by atoms with Crippen molar-refractivity contribution in [3.63, 3.8) is 0 Å². The monoisotopic (exact) mass is 407 g/mol. The number of imidazole rings is 1. The van der Waals surface area contributed by atoms with E-state index in [1.54, 1.807) is 29.1 Å². The molecule has 1 aromatic heterocycles. The van der Waals surface area contributed by atoms with Crippen LogP contribution in [-0.4, -0.2) is 38.4 Å². The van der Waals surface area contributed by atoms with Crippen molar-refractivity contribution in [2.24, 2.45) is 0 Å². The van der Waals surface area contributed by atoms with Crippen molar-refractivity contribution in [1.82, 2.24) is 19.8 Å². The van der Waals surface area contributed by atoms with Crippen molar-refractivity contribution < 1.29 is 9.72 Å². The molecule has 1 N–H and O–H groups in total. The average Bonchev–Trinajstić information content (AvgIpc) is 3.27. The van der Waals surface area contributed by atoms with E-state index in [-0.39, 0.29) is 17.2 Å². The second kappa shape index (κ2) is 9.32. The lowest BCUT2D eigenvalue weighted by molar-refractivity contribution is -0.384. The predicted octanol–water partition coefficient (Wildman–Crippen LogP) is 3.55. The number of benzene rings is 2. The van der Waals surface area contributed by atoms with Gasteiger partial charge in [-0.15, -0.1) is 0 Å². The van der Waals surface area contributed by atoms with E-state index in [1.807, 2.05) is 24.3 Å². The van der Waals surface area contributed by atoms with Crippen LogP contribution in [0.3, 0.4) is 0 Å². The highest BCUT2D eigenvalue weighted by Crippen LogP contribution is 2.24. The van der Waals surface area contributed by atoms with Crippen LogP contribution in [0, 0.1) is 10.1 Å². The number of nitrogens with one attached hydrogen (secondary N) is 1. The van der Waals surface area contributed by atoms with Crippen molar-refractivity contribution >= 4 is 11.6 Å². The highest BCUT2D eigenvalue weighted by Gasteiger charge is 2.19. The number of rotatable bonds is 8. The molecular formula is C22H25N5O3. The first kappa shape index (κ1) is 21.2. The molecule has 0 aliphatic rings. The van der Waals surface area contributed by atoms with Gasteiger partial charge in [0, 0.05) is 43.2 Å². The number of nitro groups is 1. The fraction of sp³-hybridized carbons (Fsp3) is 0.273. The summed E-state index contributed by atoms with van der Waals surface area (Å²) >= 11 is 0. The van der Waals surface area contributed by atoms with Crippen LogP contribution in [0.5, 0.6) is 0 Å². The number of nitrogens with zero attached hydrogens (tertiary/aromatic N) is 4. The number of carbonyl (C=O) groups is 1. The smallest absolute Gasteiger partial charge is 0.294 e. The quantitative estimate of drug-likeness (QED) is 0.455. The van der Waals surface area contributed by atoms with Gasteiger partial charge in [-0.05, 0) is 44.2 Å². The molecule has 3 rings (SSSR count). The molecule has 0 saturated carbocycles. The summed E-state index contributed by atoms with van der Waals surface area (Å²) in [5, 5.41) is 14.4. The van der Waals surface area contributed by atoms with Crippen molar-refractivity contribution in [2.45, 2.75) is 33.0 Å². The fourth-order valence-corrected chi connectivity index (χ4v) is 3.04. The standard InChI is InChI=1S/C22H25N5O3/c1-16(2)25(3)14-19-7-5-4-6-18(19)13-24-22(28)17-8-9-20(21(12-17)27(29)30)26-11-10-23-15-26/h4-12,15-16H,13-14H2,1-3H3,(H,24,28). The first-order chi connectivity index (χ1) is 14.4. The number of hydrogen-bond acceptors (Lipinski definition) is 5. The van der Waals surface area contributed by atoms with Gasteiger partial charge in [0.1, 0.15) is 5.69 Å². The SMILES string of the molecule is CC(C)N(C)Cc1ccccc1CNC(=O)c1ccc(-n2ccnc2)c([N+](=O)[O-])c1. The maximum atomic E-state index is 12.7. The highest BCUT2D eigenvalue weighted by atomic mass is 16.6. The molecule has 156 valence electrons. The Labute approximate surface area is 175 Å². The molecule has 0 atom stereocenters. The van der Waals surface area contributed by atoms with E-state index in [9.17, 15) is 14.9 Å². The Balaban J connectivity index is 1.76. The molecule has 1 heterocycles. The predicted molar refractivity (Wildman–Crippen MR) is 114 cm³/mol. The number of aromatic nitrogens is 2. The Morgan fingerprint density at radius 2 is 1.97 bits per heavy atom. The molecule has 0 fully saturated rings. The van der Waals surface area contributed by atoms with Crippen LogP contribution in [0.1, 0.15) is 35.3 Å². The number of nitro benzene ring substituents is 1. The molecule has 0 bridgehead atoms. The third-order valence-electron chi connectivity index (χ3n) is 5.08. The lowest BCUT2D eigenvalue weighted by atomic mass is 10.1. The molecule has 0 spiro atoms. The Morgan fingerprint density at radius 1 is 1.23 bits per heavy atom. The van der Waals surface area contributed by atoms with Crippen molar-refractivity contribution in [1.29, 1.82) is 0 Å². The third kappa shape index (κ3) is 4.90. The summed E-state index contributed by atoms with van der Waals surface area (Å²) in [6, 6.07) is 12.8. The molecule has 0 aliphatic heterocycles. The van der Waals surface area contributed by atoms with Crippen molar-refractivity contribution in [3.05, 3.63) is 88.0 Å². The summed E-state index contributed by atoms with van der Waals surface area (Å²) in [7, 11) is 2.06. The lowest BCUT2D eigenvalue weighted by Gasteiger charge is -2.22. The van der Waals surface area contributed by atoms with Crippen LogP contribution >= 0.6 is 0 Å². The van der Waals surface area contributed by atoms with Crippen LogP contribution in [0.15, 0.2) is 61.2 Å². The van der Waals surface area contributed by atoms with Crippen LogP contribution in [0.2, 0.25) is 0 Å². The maximum Gasteiger partial charge on any atom is 0.294 e. The zero-order chi connectivity index (χ0) is 21.7. The van der Waals surface area contributed by atoms with Crippen LogP contribution in [0.25, 0.3) is 5.69 Å². The summed E-state index contributed by atoms with van der Waals surface area (Å²) < 4.78 is 1.54. The van der Waals surface area contributed by atoms with E-state index >= 15 is 0 Å². The Morgan fingerprint density at radius 3 is 2.60 bits per heavy atom. The van der Waals surface area contributed by atoms with E-state index < -0.39 is 4.92 Å². The van der Waals surface area contributed by atoms with Crippen LogP contribution in [-0.2, 0) is 13.1 Å². The fourth-order valence-electron chi connectivity index (χ4n) is 3.04. The Hall–Kier alpha value is -3.52. The van der Waals surface area contributed by atoms with Gasteiger partial charge >= 0.3 is 0 Å². The van der Waals surface area contributed by atoms with E-state index in [0.29, 0.717) is 18.3 Å². The normalized spacial score (nSPS) is 11.1. The molecule has 3 aromatic rings. The molecule has 0 radical (unpaired) electrons. The molecule has 8 heteroatoms. The zero-order valence-electron chi connectivity index (χ0n) is 17.3. The largest absolute Gasteiger partial charge is 0.348 e. The van der Waals surface area contributed by atoms with Crippen LogP contribution < -0.4 is 5.32 Å². The minimum atomic E-state index is -0.497. The topological polar surface area (TPSA) is 93.3 Å². The van der Waals surface area contributed by atoms with E-state index in [0.717, 1.165) is 17.7 Å². The van der Waals surface area contributed by atoms with Gasteiger partial charge in [-0.1, -0.05) is 24.3 Å². The van der Waals surface area contributed by atoms with E-state index in [1.165, 1.54) is 12.4 Å². The minimum Gasteiger partial charge on any atom is -0.348 e. The molecule has 8 nitrogen and oxygen atoms in total. The van der Waals surface area contributed by atoms with Gasteiger partial charge in [0.15, 0.2) is 0 Å². The molecule has 0 unspecified atom stereocenters. The van der Waals surface area contributed by atoms with Crippen molar-refractivity contribution in [3.8, 4) is 5.69 Å². The molecule has 2 aromatic carbocycles. The lowest BCUT2D eigenvalue weighted by Crippen LogP contribution is -2.27. The first-order valence-electron chi connectivity index (χ1n) is 9.69. The zero-order valence-corrected chi connectivity index (χ0v) is 17.3. The van der Waals surface area contributed by atoms with Crippen molar-refractivity contribution in [2.75, 3.05) is 7.05 Å². The van der Waals surface area contributed by atoms with Gasteiger partial charge in [0.05, 0.1) is 11.3 Å². The Bertz CT molecular complexity index is 1030. The number of carbonyl (C=O) groups excluding carboxylic acids is 1. The molecule has 0 saturated heterocycles. The van der Waals surface area contributed by atoms with Gasteiger partial charge in [-0.3, -0.25) is 19.8 Å². The van der Waals surface area contributed by atoms with Gasteiger partial charge in [-0.2, -0.15) is 0 Å². The maximum absolute atomic E-state index is 12.7. The molecule has 1 amide bonds. The summed E-state index contributed by atoms with van der Waals surface area (Å²) in [6.45, 7) is 5.38. The second-order valence-corrected chi connectivity index (χ2v) is 7.39. The summed E-state index contributed by atoms with van der Waals surface area (Å²) in [4.78, 5) is 29.8. The van der Waals surface area contributed by atoms with Gasteiger partial charge in [-0.25, -0.2) is 4.98 Å². The molecule has 0 aliphatic carbocycles. The first-order valence-corrected chi connectivity index (χ1v) is 9.69. The minimum absolute atomic E-state index is 0.153. The van der Waals surface area contributed by atoms with E-state index in [4.69, 9.17) is 0 Å². The van der Waals surface area contributed by atoms with E-state index in [2.05, 4.69) is 36.1 Å². The second-order valence-electron chi connectivity index (χ2n) is 7.39. The van der Waals surface area contributed by atoms with Gasteiger partial charge < -0.3 is 9.88 Å². The molecular weight excluding hydrogens is 382 g/mol. The van der Waals surface area contributed by atoms with Gasteiger partial charge in [0.2, 0.25) is 0 Å². The number of hydrogen-bond donors (Lipinski definition) is 1. The average molecular weight is 407 g/mol. The third-order valence-corrected chi connectivity index (χ3v) is 5.08. The summed E-state index contributed by atoms with van der Waals surface area (Å²) in [6.07, 6.45) is 4.64. The summed E-state index contributed by atoms with van der Waals surface area (Å²) in [5.41, 5.74) is 2.59. The molecule has 30 heavy (non-hydrogen) atoms.